The zero-order valence-electron chi connectivity index (χ0n) is 9.99. The third-order valence-electron chi connectivity index (χ3n) is 2.66. The molecule has 4 nitrogen and oxygen atoms in total. The highest BCUT2D eigenvalue weighted by molar-refractivity contribution is 5.85. The molecule has 1 aliphatic heterocycles. The molecule has 0 bridgehead atoms. The average Bonchev–Trinajstić information content (AvgIpc) is 2.15. The van der Waals surface area contributed by atoms with E-state index in [0.717, 1.165) is 25.4 Å². The molecule has 100 valence electrons. The Morgan fingerprint density at radius 2 is 2.00 bits per heavy atom. The summed E-state index contributed by atoms with van der Waals surface area (Å²) in [6.45, 7) is 2.25. The topological polar surface area (TPSA) is 63.8 Å². The number of hydrogen-bond donors (Lipinski definition) is 1. The third kappa shape index (κ3) is 8.16. The summed E-state index contributed by atoms with van der Waals surface area (Å²) >= 11 is 0. The molecule has 0 aromatic heterocycles. The predicted octanol–water partition coefficient (Wildman–Crippen LogP) is 0.873. The Balaban J connectivity index is -0.000000563. The maximum absolute atomic E-state index is 11.3. The third-order valence-corrected chi connectivity index (χ3v) is 2.66. The van der Waals surface area contributed by atoms with Crippen molar-refractivity contribution < 1.29 is 10.3 Å². The average molecular weight is 275 g/mol. The first-order valence-electron chi connectivity index (χ1n) is 5.11. The first-order valence-corrected chi connectivity index (χ1v) is 5.11. The lowest BCUT2D eigenvalue weighted by Gasteiger charge is -2.22. The van der Waals surface area contributed by atoms with Gasteiger partial charge in [0.2, 0.25) is 5.91 Å². The van der Waals surface area contributed by atoms with Gasteiger partial charge in [-0.1, -0.05) is 0 Å². The van der Waals surface area contributed by atoms with Gasteiger partial charge in [-0.15, -0.1) is 24.8 Å². The first kappa shape index (κ1) is 21.3. The molecule has 1 fully saturated rings. The molecule has 1 rings (SSSR count). The molecule has 0 spiro atoms. The Morgan fingerprint density at radius 1 is 1.38 bits per heavy atom. The van der Waals surface area contributed by atoms with Crippen LogP contribution in [0.2, 0.25) is 0 Å². The van der Waals surface area contributed by atoms with Crippen molar-refractivity contribution in [2.24, 2.45) is 5.92 Å². The van der Waals surface area contributed by atoms with Crippen molar-refractivity contribution in [3.05, 3.63) is 0 Å². The van der Waals surface area contributed by atoms with Crippen LogP contribution >= 0.6 is 24.8 Å². The van der Waals surface area contributed by atoms with Crippen LogP contribution in [0.1, 0.15) is 25.7 Å². The zero-order chi connectivity index (χ0) is 9.68. The fourth-order valence-electron chi connectivity index (χ4n) is 1.72. The minimum atomic E-state index is 0. The van der Waals surface area contributed by atoms with Gasteiger partial charge in [0.05, 0.1) is 0 Å². The van der Waals surface area contributed by atoms with Crippen LogP contribution in [-0.2, 0) is 4.79 Å². The Hall–Kier alpha value is -0.0300. The van der Waals surface area contributed by atoms with Gasteiger partial charge in [-0.25, -0.2) is 0 Å². The minimum absolute atomic E-state index is 0. The fourth-order valence-corrected chi connectivity index (χ4v) is 1.72. The number of nitrogens with one attached hydrogen (secondary N) is 1. The normalized spacial score (nSPS) is 18.5. The van der Waals surface area contributed by atoms with Gasteiger partial charge in [0.1, 0.15) is 0 Å². The lowest BCUT2D eigenvalue weighted by Crippen LogP contribution is -2.31. The maximum Gasteiger partial charge on any atom is 0.222 e. The van der Waals surface area contributed by atoms with Crippen LogP contribution < -0.4 is 5.32 Å². The quantitative estimate of drug-likeness (QED) is 0.830. The number of carbonyl (C=O) groups excluding carboxylic acids is 1. The Morgan fingerprint density at radius 3 is 2.44 bits per heavy atom. The predicted molar refractivity (Wildman–Crippen MR) is 71.6 cm³/mol. The summed E-state index contributed by atoms with van der Waals surface area (Å²) in [6.07, 6.45) is 4.30. The summed E-state index contributed by atoms with van der Waals surface area (Å²) in [5, 5.41) is 3.36. The van der Waals surface area contributed by atoms with E-state index in [2.05, 4.69) is 5.32 Å². The molecule has 3 N–H and O–H groups in total. The summed E-state index contributed by atoms with van der Waals surface area (Å²) in [5.41, 5.74) is 0. The molecule has 0 radical (unpaired) electrons. The van der Waals surface area contributed by atoms with Gasteiger partial charge in [-0.05, 0) is 38.3 Å². The van der Waals surface area contributed by atoms with Gasteiger partial charge in [-0.2, -0.15) is 0 Å². The molecule has 6 heteroatoms. The van der Waals surface area contributed by atoms with E-state index in [4.69, 9.17) is 0 Å². The summed E-state index contributed by atoms with van der Waals surface area (Å²) in [6, 6.07) is 0. The highest BCUT2D eigenvalue weighted by Gasteiger charge is 2.14. The van der Waals surface area contributed by atoms with Crippen LogP contribution in [0.4, 0.5) is 0 Å². The lowest BCUT2D eigenvalue weighted by atomic mass is 9.94. The number of carbonyl (C=O) groups is 1. The van der Waals surface area contributed by atoms with E-state index >= 15 is 0 Å². The molecule has 1 atom stereocenters. The standard InChI is InChI=1S/C10H20N2O.2ClH.H2O/c1-12(2)10(13)6-5-9-4-3-7-11-8-9;;;/h9,11H,3-8H2,1-2H3;2*1H;1H2. The van der Waals surface area contributed by atoms with E-state index < -0.39 is 0 Å². The number of hydrogen-bond acceptors (Lipinski definition) is 2. The van der Waals surface area contributed by atoms with Crippen molar-refractivity contribution in [1.29, 1.82) is 0 Å². The van der Waals surface area contributed by atoms with Crippen molar-refractivity contribution in [2.45, 2.75) is 25.7 Å². The molecule has 16 heavy (non-hydrogen) atoms. The molecular formula is C10H24Cl2N2O2. The molecule has 0 aromatic carbocycles. The SMILES string of the molecule is CN(C)C(=O)CCC1CCCNC1.Cl.Cl.O. The highest BCUT2D eigenvalue weighted by atomic mass is 35.5. The largest absolute Gasteiger partial charge is 0.412 e. The number of piperidine rings is 1. The maximum atomic E-state index is 11.3. The molecule has 0 aromatic rings. The van der Waals surface area contributed by atoms with E-state index in [0.29, 0.717) is 6.42 Å². The molecule has 0 saturated carbocycles. The van der Waals surface area contributed by atoms with Crippen LogP contribution in [0, 0.1) is 5.92 Å². The van der Waals surface area contributed by atoms with Crippen molar-refractivity contribution in [1.82, 2.24) is 10.2 Å². The van der Waals surface area contributed by atoms with Crippen LogP contribution in [0.5, 0.6) is 0 Å². The van der Waals surface area contributed by atoms with Gasteiger partial charge >= 0.3 is 0 Å². The van der Waals surface area contributed by atoms with Gasteiger partial charge < -0.3 is 15.7 Å². The van der Waals surface area contributed by atoms with E-state index in [1.54, 1.807) is 4.90 Å². The molecule has 1 amide bonds. The van der Waals surface area contributed by atoms with E-state index in [1.807, 2.05) is 14.1 Å². The van der Waals surface area contributed by atoms with Gasteiger partial charge in [0, 0.05) is 20.5 Å². The monoisotopic (exact) mass is 274 g/mol. The van der Waals surface area contributed by atoms with Crippen LogP contribution in [-0.4, -0.2) is 43.5 Å². The molecule has 1 saturated heterocycles. The Labute approximate surface area is 110 Å². The summed E-state index contributed by atoms with van der Waals surface area (Å²) in [7, 11) is 3.64. The number of amides is 1. The Kier molecular flexibility index (Phi) is 15.2. The van der Waals surface area contributed by atoms with Gasteiger partial charge in [-0.3, -0.25) is 4.79 Å². The molecule has 1 heterocycles. The van der Waals surface area contributed by atoms with E-state index in [9.17, 15) is 4.79 Å². The Bertz CT molecular complexity index is 174. The second-order valence-electron chi connectivity index (χ2n) is 4.04. The number of nitrogens with zero attached hydrogens (tertiary/aromatic N) is 1. The zero-order valence-corrected chi connectivity index (χ0v) is 11.6. The molecular weight excluding hydrogens is 251 g/mol. The second kappa shape index (κ2) is 11.5. The van der Waals surface area contributed by atoms with E-state index in [1.165, 1.54) is 12.8 Å². The first-order chi connectivity index (χ1) is 6.20. The van der Waals surface area contributed by atoms with Crippen LogP contribution in [0.25, 0.3) is 0 Å². The molecule has 1 unspecified atom stereocenters. The van der Waals surface area contributed by atoms with Crippen LogP contribution in [0.15, 0.2) is 0 Å². The molecule has 1 aliphatic rings. The summed E-state index contributed by atoms with van der Waals surface area (Å²) in [5.74, 6) is 0.975. The van der Waals surface area contributed by atoms with Gasteiger partial charge in [0.15, 0.2) is 0 Å². The smallest absolute Gasteiger partial charge is 0.222 e. The van der Waals surface area contributed by atoms with Crippen molar-refractivity contribution in [3.8, 4) is 0 Å². The summed E-state index contributed by atoms with van der Waals surface area (Å²) < 4.78 is 0. The van der Waals surface area contributed by atoms with Gasteiger partial charge in [0.25, 0.3) is 0 Å². The number of halogens is 2. The summed E-state index contributed by atoms with van der Waals surface area (Å²) in [4.78, 5) is 13.0. The minimum Gasteiger partial charge on any atom is -0.412 e. The second-order valence-corrected chi connectivity index (χ2v) is 4.04. The van der Waals surface area contributed by atoms with Crippen LogP contribution in [0.3, 0.4) is 0 Å². The lowest BCUT2D eigenvalue weighted by molar-refractivity contribution is -0.129. The van der Waals surface area contributed by atoms with Crippen molar-refractivity contribution in [2.75, 3.05) is 27.2 Å². The van der Waals surface area contributed by atoms with Crippen molar-refractivity contribution in [3.63, 3.8) is 0 Å². The number of rotatable bonds is 3. The molecule has 0 aliphatic carbocycles. The fraction of sp³-hybridized carbons (Fsp3) is 0.900. The highest BCUT2D eigenvalue weighted by Crippen LogP contribution is 2.15. The van der Waals surface area contributed by atoms with E-state index in [-0.39, 0.29) is 36.2 Å². The van der Waals surface area contributed by atoms with Crippen molar-refractivity contribution >= 4 is 30.7 Å².